The molecule has 0 bridgehead atoms. The lowest BCUT2D eigenvalue weighted by molar-refractivity contribution is -0.115. The van der Waals surface area contributed by atoms with Crippen molar-refractivity contribution < 1.29 is 10.0 Å². The normalized spacial score (nSPS) is 15.3. The summed E-state index contributed by atoms with van der Waals surface area (Å²) in [6.45, 7) is 0. The molecule has 1 atom stereocenters. The number of fused-ring (bicyclic) bond motifs is 1. The summed E-state index contributed by atoms with van der Waals surface area (Å²) in [4.78, 5) is 33.0. The largest absolute Gasteiger partial charge is 0.733 e. The van der Waals surface area contributed by atoms with Gasteiger partial charge in [0.05, 0.1) is 28.0 Å². The lowest BCUT2D eigenvalue weighted by Gasteiger charge is -2.27. The zero-order valence-electron chi connectivity index (χ0n) is 20.0. The first kappa shape index (κ1) is 23.9. The molecule has 38 heavy (non-hydrogen) atoms. The highest BCUT2D eigenvalue weighted by atomic mass is 32.2. The van der Waals surface area contributed by atoms with E-state index in [9.17, 15) is 20.0 Å². The number of para-hydroxylation sites is 1. The molecule has 1 aliphatic rings. The Balaban J connectivity index is 1.43. The molecule has 6 rings (SSSR count). The number of thioether (sulfide) groups is 1. The maximum absolute atomic E-state index is 13.6. The molecule has 1 N–H and O–H groups in total. The molecular formula is C29H21N4O4S-. The molecule has 1 aliphatic heterocycles. The van der Waals surface area contributed by atoms with E-state index in [2.05, 4.69) is 0 Å². The van der Waals surface area contributed by atoms with E-state index in [1.54, 1.807) is 51.9 Å². The molecule has 0 aliphatic carbocycles. The van der Waals surface area contributed by atoms with Crippen LogP contribution >= 0.6 is 11.8 Å². The van der Waals surface area contributed by atoms with Crippen molar-refractivity contribution in [1.82, 2.24) is 9.55 Å². The molecule has 0 saturated carbocycles. The topological polar surface area (TPSA) is 102 Å². The van der Waals surface area contributed by atoms with E-state index in [1.807, 2.05) is 54.6 Å². The molecule has 0 spiro atoms. The lowest BCUT2D eigenvalue weighted by Crippen LogP contribution is -2.28. The Bertz CT molecular complexity index is 1700. The zero-order valence-corrected chi connectivity index (χ0v) is 20.8. The Labute approximate surface area is 221 Å². The predicted octanol–water partition coefficient (Wildman–Crippen LogP) is 5.52. The quantitative estimate of drug-likeness (QED) is 0.304. The Morgan fingerprint density at radius 3 is 2.34 bits per heavy atom. The number of aromatic nitrogens is 2. The highest BCUT2D eigenvalue weighted by Gasteiger charge is 2.34. The summed E-state index contributed by atoms with van der Waals surface area (Å²) in [5, 5.41) is 20.7. The van der Waals surface area contributed by atoms with Crippen molar-refractivity contribution in [1.29, 1.82) is 0 Å². The van der Waals surface area contributed by atoms with E-state index in [4.69, 9.17) is 4.98 Å². The summed E-state index contributed by atoms with van der Waals surface area (Å²) in [7, 11) is 0. The lowest BCUT2D eigenvalue weighted by atomic mass is 10.1. The van der Waals surface area contributed by atoms with E-state index in [1.165, 1.54) is 17.8 Å². The number of nitrogens with zero attached hydrogens (tertiary/aromatic N) is 4. The van der Waals surface area contributed by atoms with Crippen molar-refractivity contribution in [2.24, 2.45) is 0 Å². The Morgan fingerprint density at radius 1 is 0.868 bits per heavy atom. The SMILES string of the molecule is O=C1CSC(c2cccc(N([O-])O)c2)N1c1ccc(-n2c(-c3ccccc3)nc3ccccc3c2=O)cc1. The van der Waals surface area contributed by atoms with Crippen LogP contribution in [0.15, 0.2) is 108 Å². The maximum atomic E-state index is 13.6. The third kappa shape index (κ3) is 4.22. The highest BCUT2D eigenvalue weighted by Crippen LogP contribution is 2.42. The van der Waals surface area contributed by atoms with Crippen LogP contribution in [0.5, 0.6) is 0 Å². The Kier molecular flexibility index (Phi) is 6.16. The molecule has 5 aromatic rings. The first-order valence-electron chi connectivity index (χ1n) is 11.9. The fourth-order valence-electron chi connectivity index (χ4n) is 4.66. The van der Waals surface area contributed by atoms with Gasteiger partial charge in [0.1, 0.15) is 11.2 Å². The van der Waals surface area contributed by atoms with Crippen molar-refractivity contribution in [2.75, 3.05) is 15.9 Å². The third-order valence-electron chi connectivity index (χ3n) is 6.44. The minimum atomic E-state index is -0.363. The fourth-order valence-corrected chi connectivity index (χ4v) is 5.83. The van der Waals surface area contributed by atoms with Crippen molar-refractivity contribution >= 4 is 39.9 Å². The number of carbonyl (C=O) groups excluding carboxylic acids is 1. The first-order chi connectivity index (χ1) is 18.5. The van der Waals surface area contributed by atoms with Crippen LogP contribution in [0, 0.1) is 5.21 Å². The first-order valence-corrected chi connectivity index (χ1v) is 12.9. The summed E-state index contributed by atoms with van der Waals surface area (Å²) < 4.78 is 1.59. The number of benzene rings is 4. The van der Waals surface area contributed by atoms with Crippen LogP contribution in [-0.4, -0.2) is 26.4 Å². The number of rotatable bonds is 5. The average molecular weight is 522 g/mol. The number of hydrogen-bond donors (Lipinski definition) is 1. The smallest absolute Gasteiger partial charge is 0.266 e. The van der Waals surface area contributed by atoms with Gasteiger partial charge in [0, 0.05) is 11.3 Å². The fraction of sp³-hybridized carbons (Fsp3) is 0.0690. The van der Waals surface area contributed by atoms with Gasteiger partial charge in [-0.15, -0.1) is 11.8 Å². The number of hydrogen-bond acceptors (Lipinski definition) is 7. The van der Waals surface area contributed by atoms with Crippen molar-refractivity contribution in [3.05, 3.63) is 124 Å². The molecule has 1 aromatic heterocycles. The second-order valence-electron chi connectivity index (χ2n) is 8.77. The molecule has 8 nitrogen and oxygen atoms in total. The van der Waals surface area contributed by atoms with Gasteiger partial charge in [-0.25, -0.2) is 4.98 Å². The van der Waals surface area contributed by atoms with Gasteiger partial charge >= 0.3 is 0 Å². The van der Waals surface area contributed by atoms with E-state index in [-0.39, 0.29) is 33.5 Å². The van der Waals surface area contributed by atoms with E-state index in [0.29, 0.717) is 28.1 Å². The number of amides is 1. The molecule has 1 fully saturated rings. The van der Waals surface area contributed by atoms with Crippen LogP contribution < -0.4 is 15.7 Å². The zero-order chi connectivity index (χ0) is 26.2. The van der Waals surface area contributed by atoms with Gasteiger partial charge < -0.3 is 10.4 Å². The van der Waals surface area contributed by atoms with Gasteiger partial charge in [0.25, 0.3) is 5.56 Å². The van der Waals surface area contributed by atoms with Crippen LogP contribution in [0.4, 0.5) is 11.4 Å². The standard InChI is InChI=1S/C29H21N4O4S/c34-26-18-38-29(20-9-6-10-23(17-20)33(36)37)31(26)21-13-15-22(16-14-21)32-27(19-7-2-1-3-8-19)30-25-12-5-4-11-24(25)28(32)35/h1-17,29,36H,18H2/q-1. The molecule has 0 radical (unpaired) electrons. The van der Waals surface area contributed by atoms with Crippen molar-refractivity contribution in [3.63, 3.8) is 0 Å². The summed E-state index contributed by atoms with van der Waals surface area (Å²) in [6.07, 6.45) is 0. The van der Waals surface area contributed by atoms with Crippen LogP contribution in [0.2, 0.25) is 0 Å². The van der Waals surface area contributed by atoms with Gasteiger partial charge in [-0.05, 0) is 54.1 Å². The third-order valence-corrected chi connectivity index (χ3v) is 7.65. The molecule has 1 saturated heterocycles. The van der Waals surface area contributed by atoms with Gasteiger partial charge in [-0.2, -0.15) is 0 Å². The molecule has 2 heterocycles. The minimum Gasteiger partial charge on any atom is -0.733 e. The summed E-state index contributed by atoms with van der Waals surface area (Å²) in [6, 6.07) is 30.6. The van der Waals surface area contributed by atoms with Gasteiger partial charge in [-0.3, -0.25) is 24.3 Å². The average Bonchev–Trinajstić information content (AvgIpc) is 3.35. The van der Waals surface area contributed by atoms with Crippen LogP contribution in [-0.2, 0) is 4.79 Å². The molecule has 188 valence electrons. The molecular weight excluding hydrogens is 500 g/mol. The minimum absolute atomic E-state index is 0.0735. The Morgan fingerprint density at radius 2 is 1.58 bits per heavy atom. The molecule has 9 heteroatoms. The highest BCUT2D eigenvalue weighted by molar-refractivity contribution is 8.00. The number of carbonyl (C=O) groups is 1. The summed E-state index contributed by atoms with van der Waals surface area (Å²) in [5.41, 5.74) is 3.33. The van der Waals surface area contributed by atoms with Gasteiger partial charge in [-0.1, -0.05) is 54.6 Å². The second-order valence-corrected chi connectivity index (χ2v) is 9.84. The maximum Gasteiger partial charge on any atom is 0.266 e. The predicted molar refractivity (Wildman–Crippen MR) is 150 cm³/mol. The van der Waals surface area contributed by atoms with E-state index in [0.717, 1.165) is 11.1 Å². The molecule has 1 amide bonds. The van der Waals surface area contributed by atoms with Gasteiger partial charge in [0.15, 0.2) is 0 Å². The van der Waals surface area contributed by atoms with Crippen LogP contribution in [0.3, 0.4) is 0 Å². The van der Waals surface area contributed by atoms with E-state index >= 15 is 0 Å². The number of anilines is 2. The molecule has 4 aromatic carbocycles. The summed E-state index contributed by atoms with van der Waals surface area (Å²) in [5.74, 6) is 0.731. The van der Waals surface area contributed by atoms with Crippen LogP contribution in [0.1, 0.15) is 10.9 Å². The van der Waals surface area contributed by atoms with Crippen LogP contribution in [0.25, 0.3) is 28.0 Å². The monoisotopic (exact) mass is 521 g/mol. The summed E-state index contributed by atoms with van der Waals surface area (Å²) >= 11 is 1.44. The Hall–Kier alpha value is -4.44. The van der Waals surface area contributed by atoms with E-state index < -0.39 is 0 Å². The van der Waals surface area contributed by atoms with Crippen molar-refractivity contribution in [3.8, 4) is 17.1 Å². The van der Waals surface area contributed by atoms with Gasteiger partial charge in [0.2, 0.25) is 5.91 Å². The molecule has 1 unspecified atom stereocenters. The second kappa shape index (κ2) is 9.79. The van der Waals surface area contributed by atoms with Crippen molar-refractivity contribution in [2.45, 2.75) is 5.37 Å².